The number of aromatic nitrogens is 4. The van der Waals surface area contributed by atoms with E-state index in [9.17, 15) is 4.79 Å². The standard InChI is InChI=1S/C20H30N6O2/c1-28-12-6-9-21-20(27)15-7-5-10-25(13-15)18-17-19(23-14-22-18)26-11-4-2-3-8-16(26)24-17/h14-15H,2-13H2,1H3,(H,21,27)/t15-/m1/s1. The van der Waals surface area contributed by atoms with Crippen molar-refractivity contribution in [2.45, 2.75) is 51.5 Å². The molecule has 2 aromatic heterocycles. The Hall–Kier alpha value is -2.22. The van der Waals surface area contributed by atoms with Gasteiger partial charge < -0.3 is 19.5 Å². The molecule has 1 saturated heterocycles. The summed E-state index contributed by atoms with van der Waals surface area (Å²) in [7, 11) is 1.68. The fourth-order valence-electron chi connectivity index (χ4n) is 4.31. The monoisotopic (exact) mass is 386 g/mol. The van der Waals surface area contributed by atoms with Crippen LogP contribution in [0, 0.1) is 5.92 Å². The molecule has 0 radical (unpaired) electrons. The SMILES string of the molecule is COCCCNC(=O)[C@@H]1CCCN(c2ncnc3c2nc2n3CCCCC2)C1. The van der Waals surface area contributed by atoms with E-state index in [-0.39, 0.29) is 11.8 Å². The number of nitrogens with zero attached hydrogens (tertiary/aromatic N) is 5. The first kappa shape index (κ1) is 19.1. The summed E-state index contributed by atoms with van der Waals surface area (Å²) in [6.07, 6.45) is 8.99. The van der Waals surface area contributed by atoms with Crippen LogP contribution in [0.1, 0.15) is 44.3 Å². The fourth-order valence-corrected chi connectivity index (χ4v) is 4.31. The largest absolute Gasteiger partial charge is 0.385 e. The highest BCUT2D eigenvalue weighted by Gasteiger charge is 2.28. The van der Waals surface area contributed by atoms with Gasteiger partial charge in [0.15, 0.2) is 17.0 Å². The number of ether oxygens (including phenoxy) is 1. The molecule has 1 fully saturated rings. The summed E-state index contributed by atoms with van der Waals surface area (Å²) in [6, 6.07) is 0. The van der Waals surface area contributed by atoms with Crippen LogP contribution in [-0.4, -0.2) is 58.8 Å². The van der Waals surface area contributed by atoms with Crippen LogP contribution in [0.15, 0.2) is 6.33 Å². The van der Waals surface area contributed by atoms with E-state index >= 15 is 0 Å². The molecule has 1 amide bonds. The highest BCUT2D eigenvalue weighted by Crippen LogP contribution is 2.29. The first-order valence-electron chi connectivity index (χ1n) is 10.5. The molecule has 1 N–H and O–H groups in total. The Morgan fingerprint density at radius 2 is 2.18 bits per heavy atom. The molecule has 4 rings (SSSR count). The third-order valence-electron chi connectivity index (χ3n) is 5.79. The zero-order valence-corrected chi connectivity index (χ0v) is 16.7. The molecule has 1 atom stereocenters. The van der Waals surface area contributed by atoms with Gasteiger partial charge in [0.25, 0.3) is 0 Å². The number of imidazole rings is 1. The average Bonchev–Trinajstić information content (AvgIpc) is 2.92. The van der Waals surface area contributed by atoms with Crippen LogP contribution in [0.5, 0.6) is 0 Å². The molecule has 8 nitrogen and oxygen atoms in total. The molecule has 2 aromatic rings. The van der Waals surface area contributed by atoms with E-state index < -0.39 is 0 Å². The molecule has 2 aliphatic heterocycles. The van der Waals surface area contributed by atoms with Crippen molar-refractivity contribution in [1.82, 2.24) is 24.8 Å². The van der Waals surface area contributed by atoms with Crippen molar-refractivity contribution in [2.24, 2.45) is 5.92 Å². The summed E-state index contributed by atoms with van der Waals surface area (Å²) in [5, 5.41) is 3.04. The normalized spacial score (nSPS) is 20.0. The topological polar surface area (TPSA) is 85.2 Å². The Morgan fingerprint density at radius 3 is 3.07 bits per heavy atom. The van der Waals surface area contributed by atoms with E-state index in [2.05, 4.69) is 24.8 Å². The predicted molar refractivity (Wildman–Crippen MR) is 107 cm³/mol. The third-order valence-corrected chi connectivity index (χ3v) is 5.79. The molecule has 0 aromatic carbocycles. The molecule has 2 aliphatic rings. The second-order valence-electron chi connectivity index (χ2n) is 7.78. The molecular weight excluding hydrogens is 356 g/mol. The lowest BCUT2D eigenvalue weighted by Crippen LogP contribution is -2.43. The molecule has 28 heavy (non-hydrogen) atoms. The number of anilines is 1. The number of aryl methyl sites for hydroxylation is 2. The Morgan fingerprint density at radius 1 is 1.25 bits per heavy atom. The van der Waals surface area contributed by atoms with E-state index in [4.69, 9.17) is 9.72 Å². The van der Waals surface area contributed by atoms with Crippen molar-refractivity contribution in [3.8, 4) is 0 Å². The van der Waals surface area contributed by atoms with Gasteiger partial charge in [0, 0.05) is 46.3 Å². The minimum atomic E-state index is -0.0123. The number of fused-ring (bicyclic) bond motifs is 3. The maximum atomic E-state index is 12.6. The van der Waals surface area contributed by atoms with Crippen LogP contribution in [0.25, 0.3) is 11.2 Å². The molecule has 152 valence electrons. The Bertz CT molecular complexity index is 820. The number of amides is 1. The molecule has 4 heterocycles. The van der Waals surface area contributed by atoms with Gasteiger partial charge in [-0.1, -0.05) is 6.42 Å². The minimum absolute atomic E-state index is 0.0123. The second kappa shape index (κ2) is 8.86. The smallest absolute Gasteiger partial charge is 0.224 e. The van der Waals surface area contributed by atoms with Crippen LogP contribution in [0.3, 0.4) is 0 Å². The molecule has 8 heteroatoms. The quantitative estimate of drug-likeness (QED) is 0.764. The van der Waals surface area contributed by atoms with Gasteiger partial charge in [-0.15, -0.1) is 0 Å². The molecule has 0 bridgehead atoms. The van der Waals surface area contributed by atoms with Gasteiger partial charge in [0.05, 0.1) is 5.92 Å². The lowest BCUT2D eigenvalue weighted by atomic mass is 9.97. The lowest BCUT2D eigenvalue weighted by molar-refractivity contribution is -0.125. The summed E-state index contributed by atoms with van der Waals surface area (Å²) in [5.74, 6) is 2.12. The average molecular weight is 387 g/mol. The number of hydrogen-bond acceptors (Lipinski definition) is 6. The number of hydrogen-bond donors (Lipinski definition) is 1. The van der Waals surface area contributed by atoms with Gasteiger partial charge in [0.1, 0.15) is 12.2 Å². The van der Waals surface area contributed by atoms with Crippen molar-refractivity contribution in [1.29, 1.82) is 0 Å². The van der Waals surface area contributed by atoms with E-state index in [1.54, 1.807) is 13.4 Å². The highest BCUT2D eigenvalue weighted by molar-refractivity contribution is 5.85. The highest BCUT2D eigenvalue weighted by atomic mass is 16.5. The van der Waals surface area contributed by atoms with Crippen LogP contribution in [0.2, 0.25) is 0 Å². The van der Waals surface area contributed by atoms with E-state index in [1.165, 1.54) is 19.3 Å². The van der Waals surface area contributed by atoms with Gasteiger partial charge in [-0.05, 0) is 32.1 Å². The summed E-state index contributed by atoms with van der Waals surface area (Å²) in [5.41, 5.74) is 1.83. The van der Waals surface area contributed by atoms with Crippen LogP contribution < -0.4 is 10.2 Å². The maximum absolute atomic E-state index is 12.6. The Kier molecular flexibility index (Phi) is 6.04. The molecular formula is C20H30N6O2. The zero-order chi connectivity index (χ0) is 19.3. The molecule has 0 aliphatic carbocycles. The van der Waals surface area contributed by atoms with Crippen molar-refractivity contribution >= 4 is 22.9 Å². The number of piperidine rings is 1. The van der Waals surface area contributed by atoms with Crippen molar-refractivity contribution < 1.29 is 9.53 Å². The summed E-state index contributed by atoms with van der Waals surface area (Å²) in [6.45, 7) is 3.90. The predicted octanol–water partition coefficient (Wildman–Crippen LogP) is 1.92. The van der Waals surface area contributed by atoms with Gasteiger partial charge in [-0.2, -0.15) is 0 Å². The van der Waals surface area contributed by atoms with Crippen LogP contribution >= 0.6 is 0 Å². The zero-order valence-electron chi connectivity index (χ0n) is 16.7. The summed E-state index contributed by atoms with van der Waals surface area (Å²) in [4.78, 5) is 28.8. The lowest BCUT2D eigenvalue weighted by Gasteiger charge is -2.32. The van der Waals surface area contributed by atoms with Crippen molar-refractivity contribution in [2.75, 3.05) is 38.3 Å². The number of methoxy groups -OCH3 is 1. The van der Waals surface area contributed by atoms with Crippen LogP contribution in [-0.2, 0) is 22.5 Å². The number of nitrogens with one attached hydrogen (secondary N) is 1. The van der Waals surface area contributed by atoms with E-state index in [0.29, 0.717) is 19.7 Å². The van der Waals surface area contributed by atoms with Crippen molar-refractivity contribution in [3.63, 3.8) is 0 Å². The van der Waals surface area contributed by atoms with Gasteiger partial charge >= 0.3 is 0 Å². The Balaban J connectivity index is 1.50. The van der Waals surface area contributed by atoms with Gasteiger partial charge in [-0.3, -0.25) is 4.79 Å². The number of carbonyl (C=O) groups is 1. The van der Waals surface area contributed by atoms with Crippen molar-refractivity contribution in [3.05, 3.63) is 12.2 Å². The third kappa shape index (κ3) is 3.97. The summed E-state index contributed by atoms with van der Waals surface area (Å²) >= 11 is 0. The van der Waals surface area contributed by atoms with E-state index in [1.807, 2.05) is 0 Å². The van der Waals surface area contributed by atoms with Crippen LogP contribution in [0.4, 0.5) is 5.82 Å². The fraction of sp³-hybridized carbons (Fsp3) is 0.700. The molecule has 0 saturated carbocycles. The second-order valence-corrected chi connectivity index (χ2v) is 7.78. The van der Waals surface area contributed by atoms with Gasteiger partial charge in [0.2, 0.25) is 5.91 Å². The summed E-state index contributed by atoms with van der Waals surface area (Å²) < 4.78 is 7.31. The Labute approximate surface area is 165 Å². The maximum Gasteiger partial charge on any atom is 0.224 e. The minimum Gasteiger partial charge on any atom is -0.385 e. The number of carbonyl (C=O) groups excluding carboxylic acids is 1. The number of rotatable bonds is 6. The molecule has 0 unspecified atom stereocenters. The first-order valence-corrected chi connectivity index (χ1v) is 10.5. The van der Waals surface area contributed by atoms with Gasteiger partial charge in [-0.25, -0.2) is 15.0 Å². The first-order chi connectivity index (χ1) is 13.8. The molecule has 0 spiro atoms. The van der Waals surface area contributed by atoms with E-state index in [0.717, 1.165) is 61.6 Å².